The lowest BCUT2D eigenvalue weighted by Crippen LogP contribution is -2.35. The number of ether oxygens (including phenoxy) is 2. The van der Waals surface area contributed by atoms with Crippen molar-refractivity contribution in [1.29, 1.82) is 0 Å². The van der Waals surface area contributed by atoms with Crippen LogP contribution in [0.4, 0.5) is 11.6 Å². The predicted molar refractivity (Wildman–Crippen MR) is 138 cm³/mol. The molecule has 2 heterocycles. The molecule has 1 aliphatic heterocycles. The molecule has 0 spiro atoms. The van der Waals surface area contributed by atoms with Crippen molar-refractivity contribution in [3.05, 3.63) is 76.5 Å². The number of hydrogen-bond acceptors (Lipinski definition) is 7. The van der Waals surface area contributed by atoms with E-state index in [0.29, 0.717) is 5.95 Å². The zero-order chi connectivity index (χ0) is 25.9. The molecule has 2 aromatic carbocycles. The van der Waals surface area contributed by atoms with Gasteiger partial charge in [0, 0.05) is 18.4 Å². The van der Waals surface area contributed by atoms with Gasteiger partial charge in [-0.25, -0.2) is 4.98 Å². The van der Waals surface area contributed by atoms with Crippen LogP contribution in [-0.2, 0) is 22.6 Å². The number of fused-ring (bicyclic) bond motifs is 1. The van der Waals surface area contributed by atoms with Gasteiger partial charge in [0.1, 0.15) is 24.3 Å². The van der Waals surface area contributed by atoms with Crippen molar-refractivity contribution in [2.45, 2.75) is 53.2 Å². The number of nitrogens with zero attached hydrogens (tertiary/aromatic N) is 3. The summed E-state index contributed by atoms with van der Waals surface area (Å²) in [5.41, 5.74) is 5.08. The molecule has 1 N–H and O–H groups in total. The summed E-state index contributed by atoms with van der Waals surface area (Å²) in [6, 6.07) is 14.2. The van der Waals surface area contributed by atoms with E-state index < -0.39 is 17.5 Å². The third-order valence-electron chi connectivity index (χ3n) is 5.87. The summed E-state index contributed by atoms with van der Waals surface area (Å²) in [5, 5.41) is 2.59. The number of aromatic nitrogens is 2. The van der Waals surface area contributed by atoms with Crippen LogP contribution in [0.1, 0.15) is 53.4 Å². The molecule has 0 bridgehead atoms. The average Bonchev–Trinajstić information content (AvgIpc) is 3.26. The van der Waals surface area contributed by atoms with Crippen LogP contribution in [0.2, 0.25) is 0 Å². The van der Waals surface area contributed by atoms with Crippen LogP contribution in [0.25, 0.3) is 0 Å². The molecular weight excluding hydrogens is 456 g/mol. The standard InChI is InChI=1S/C28H32N4O4/c1-18-10-11-20(14-19(18)2)17-35-26-22(25(34)29-16-24(33)36-28(3,4)5)15-30-27(31-26)32-13-12-21-8-6-7-9-23(21)32/h6-11,14-15H,12-13,16-17H2,1-5H3,(H,29,34). The van der Waals surface area contributed by atoms with Gasteiger partial charge >= 0.3 is 5.97 Å². The Kier molecular flexibility index (Phi) is 7.24. The second-order valence-corrected chi connectivity index (χ2v) is 9.90. The van der Waals surface area contributed by atoms with Crippen LogP contribution in [0, 0.1) is 13.8 Å². The van der Waals surface area contributed by atoms with Gasteiger partial charge in [0.05, 0.1) is 0 Å². The third-order valence-corrected chi connectivity index (χ3v) is 5.87. The quantitative estimate of drug-likeness (QED) is 0.492. The van der Waals surface area contributed by atoms with Crippen LogP contribution in [0.3, 0.4) is 0 Å². The number of para-hydroxylation sites is 1. The smallest absolute Gasteiger partial charge is 0.325 e. The lowest BCUT2D eigenvalue weighted by atomic mass is 10.1. The van der Waals surface area contributed by atoms with Crippen molar-refractivity contribution >= 4 is 23.5 Å². The highest BCUT2D eigenvalue weighted by Crippen LogP contribution is 2.33. The fraction of sp³-hybridized carbons (Fsp3) is 0.357. The number of amides is 1. The van der Waals surface area contributed by atoms with Crippen molar-refractivity contribution in [2.75, 3.05) is 18.0 Å². The summed E-state index contributed by atoms with van der Waals surface area (Å²) in [6.45, 7) is 10.1. The van der Waals surface area contributed by atoms with Gasteiger partial charge in [-0.15, -0.1) is 0 Å². The normalized spacial score (nSPS) is 12.8. The number of carbonyl (C=O) groups is 2. The largest absolute Gasteiger partial charge is 0.472 e. The van der Waals surface area contributed by atoms with E-state index in [4.69, 9.17) is 9.47 Å². The van der Waals surface area contributed by atoms with Crippen molar-refractivity contribution in [1.82, 2.24) is 15.3 Å². The second-order valence-electron chi connectivity index (χ2n) is 9.90. The Labute approximate surface area is 211 Å². The number of hydrogen-bond donors (Lipinski definition) is 1. The molecule has 1 amide bonds. The molecule has 0 saturated carbocycles. The molecule has 0 unspecified atom stereocenters. The summed E-state index contributed by atoms with van der Waals surface area (Å²) >= 11 is 0. The molecule has 0 fully saturated rings. The molecule has 36 heavy (non-hydrogen) atoms. The number of anilines is 2. The first kappa shape index (κ1) is 25.2. The van der Waals surface area contributed by atoms with Gasteiger partial charge in [0.25, 0.3) is 5.91 Å². The number of rotatable bonds is 7. The van der Waals surface area contributed by atoms with Gasteiger partial charge in [0.2, 0.25) is 11.8 Å². The molecular formula is C28H32N4O4. The summed E-state index contributed by atoms with van der Waals surface area (Å²) in [4.78, 5) is 36.2. The maximum atomic E-state index is 13.0. The summed E-state index contributed by atoms with van der Waals surface area (Å²) < 4.78 is 11.3. The molecule has 1 aliphatic rings. The number of esters is 1. The first-order valence-electron chi connectivity index (χ1n) is 12.0. The Hall–Kier alpha value is -3.94. The highest BCUT2D eigenvalue weighted by molar-refractivity contribution is 5.97. The highest BCUT2D eigenvalue weighted by Gasteiger charge is 2.25. The molecule has 8 nitrogen and oxygen atoms in total. The van der Waals surface area contributed by atoms with Crippen LogP contribution in [-0.4, -0.2) is 40.5 Å². The summed E-state index contributed by atoms with van der Waals surface area (Å²) in [7, 11) is 0. The minimum absolute atomic E-state index is 0.152. The number of nitrogens with one attached hydrogen (secondary N) is 1. The van der Waals surface area contributed by atoms with Crippen molar-refractivity contribution in [2.24, 2.45) is 0 Å². The van der Waals surface area contributed by atoms with Crippen LogP contribution >= 0.6 is 0 Å². The first-order valence-corrected chi connectivity index (χ1v) is 12.0. The summed E-state index contributed by atoms with van der Waals surface area (Å²) in [5.74, 6) is -0.424. The van der Waals surface area contributed by atoms with E-state index in [1.165, 1.54) is 17.3 Å². The Morgan fingerprint density at radius 2 is 1.86 bits per heavy atom. The number of aryl methyl sites for hydroxylation is 2. The van der Waals surface area contributed by atoms with E-state index in [9.17, 15) is 9.59 Å². The van der Waals surface area contributed by atoms with E-state index >= 15 is 0 Å². The van der Waals surface area contributed by atoms with Gasteiger partial charge in [-0.2, -0.15) is 4.98 Å². The SMILES string of the molecule is Cc1ccc(COc2nc(N3CCc4ccccc43)ncc2C(=O)NCC(=O)OC(C)(C)C)cc1C. The van der Waals surface area contributed by atoms with Gasteiger partial charge < -0.3 is 19.7 Å². The number of benzene rings is 2. The molecule has 3 aromatic rings. The third kappa shape index (κ3) is 6.00. The Morgan fingerprint density at radius 3 is 2.61 bits per heavy atom. The predicted octanol–water partition coefficient (Wildman–Crippen LogP) is 4.44. The molecule has 0 atom stereocenters. The van der Waals surface area contributed by atoms with Gasteiger partial charge in [-0.1, -0.05) is 36.4 Å². The fourth-order valence-corrected chi connectivity index (χ4v) is 3.97. The van der Waals surface area contributed by atoms with E-state index in [0.717, 1.165) is 29.8 Å². The molecule has 0 radical (unpaired) electrons. The Bertz CT molecular complexity index is 1280. The maximum Gasteiger partial charge on any atom is 0.325 e. The Morgan fingerprint density at radius 1 is 1.08 bits per heavy atom. The van der Waals surface area contributed by atoms with Crippen molar-refractivity contribution in [3.8, 4) is 5.88 Å². The monoisotopic (exact) mass is 488 g/mol. The highest BCUT2D eigenvalue weighted by atomic mass is 16.6. The van der Waals surface area contributed by atoms with Crippen LogP contribution in [0.15, 0.2) is 48.7 Å². The average molecular weight is 489 g/mol. The lowest BCUT2D eigenvalue weighted by Gasteiger charge is -2.20. The van der Waals surface area contributed by atoms with Crippen LogP contribution < -0.4 is 15.0 Å². The minimum Gasteiger partial charge on any atom is -0.472 e. The van der Waals surface area contributed by atoms with Gasteiger partial charge in [-0.05, 0) is 69.4 Å². The minimum atomic E-state index is -0.640. The van der Waals surface area contributed by atoms with E-state index in [1.807, 2.05) is 42.2 Å². The maximum absolute atomic E-state index is 13.0. The molecule has 1 aromatic heterocycles. The first-order chi connectivity index (χ1) is 17.1. The van der Waals surface area contributed by atoms with E-state index in [2.05, 4.69) is 34.3 Å². The molecule has 0 aliphatic carbocycles. The van der Waals surface area contributed by atoms with Gasteiger partial charge in [-0.3, -0.25) is 9.59 Å². The van der Waals surface area contributed by atoms with Crippen LogP contribution in [0.5, 0.6) is 5.88 Å². The molecule has 4 rings (SSSR count). The topological polar surface area (TPSA) is 93.6 Å². The zero-order valence-corrected chi connectivity index (χ0v) is 21.4. The lowest BCUT2D eigenvalue weighted by molar-refractivity contribution is -0.153. The number of carbonyl (C=O) groups excluding carboxylic acids is 2. The fourth-order valence-electron chi connectivity index (χ4n) is 3.97. The summed E-state index contributed by atoms with van der Waals surface area (Å²) in [6.07, 6.45) is 2.33. The van der Waals surface area contributed by atoms with Gasteiger partial charge in [0.15, 0.2) is 0 Å². The van der Waals surface area contributed by atoms with Crippen molar-refractivity contribution in [3.63, 3.8) is 0 Å². The van der Waals surface area contributed by atoms with Crippen molar-refractivity contribution < 1.29 is 19.1 Å². The molecule has 8 heteroatoms. The molecule has 0 saturated heterocycles. The Balaban J connectivity index is 1.58. The van der Waals surface area contributed by atoms with E-state index in [1.54, 1.807) is 20.8 Å². The second kappa shape index (κ2) is 10.4. The molecule has 188 valence electrons. The van der Waals surface area contributed by atoms with E-state index in [-0.39, 0.29) is 24.6 Å². The zero-order valence-electron chi connectivity index (χ0n) is 21.4.